The molecular formula is C20H23N3O3S. The Balaban J connectivity index is 1.75. The van der Waals surface area contributed by atoms with Gasteiger partial charge in [-0.25, -0.2) is 9.79 Å². The van der Waals surface area contributed by atoms with Crippen LogP contribution in [0.1, 0.15) is 78.2 Å². The number of nitrogens with one attached hydrogen (secondary N) is 1. The molecule has 4 rings (SSSR count). The third-order valence-electron chi connectivity index (χ3n) is 5.40. The monoisotopic (exact) mass is 385 g/mol. The number of aromatic nitrogens is 2. The molecule has 0 amide bonds. The molecule has 0 radical (unpaired) electrons. The number of carbonyl (C=O) groups is 1. The topological polar surface area (TPSA) is 87.5 Å². The standard InChI is InChI=1S/C20H23N3O3S/c1-12-21-18-16(17(27-12)13-8-10-14(11-9-13)20(25)26)19(24)22-23(18)15-6-4-2-3-5-7-15/h8-11,15,17H,2-7H2,1H3,(H,22,24)(H,25,26)/t17-/m1/s1. The maximum absolute atomic E-state index is 12.8. The second-order valence-electron chi connectivity index (χ2n) is 7.25. The fourth-order valence-electron chi connectivity index (χ4n) is 4.02. The van der Waals surface area contributed by atoms with Crippen molar-refractivity contribution in [2.75, 3.05) is 0 Å². The molecule has 1 aromatic heterocycles. The van der Waals surface area contributed by atoms with E-state index in [-0.39, 0.29) is 16.4 Å². The number of aromatic carboxylic acids is 1. The first-order valence-corrected chi connectivity index (χ1v) is 10.3. The van der Waals surface area contributed by atoms with Gasteiger partial charge in [-0.1, -0.05) is 49.6 Å². The van der Waals surface area contributed by atoms with Crippen molar-refractivity contribution in [2.45, 2.75) is 56.7 Å². The van der Waals surface area contributed by atoms with Crippen molar-refractivity contribution in [3.63, 3.8) is 0 Å². The Bertz CT molecular complexity index is 934. The Morgan fingerprint density at radius 1 is 1.19 bits per heavy atom. The van der Waals surface area contributed by atoms with E-state index < -0.39 is 5.97 Å². The Labute approximate surface area is 161 Å². The van der Waals surface area contributed by atoms with Crippen molar-refractivity contribution >= 4 is 28.6 Å². The van der Waals surface area contributed by atoms with Crippen LogP contribution in [0.2, 0.25) is 0 Å². The third kappa shape index (κ3) is 3.48. The zero-order valence-corrected chi connectivity index (χ0v) is 16.1. The number of hydrogen-bond donors (Lipinski definition) is 2. The number of aromatic amines is 1. The summed E-state index contributed by atoms with van der Waals surface area (Å²) in [5.41, 5.74) is 1.75. The van der Waals surface area contributed by atoms with Crippen LogP contribution in [-0.4, -0.2) is 25.9 Å². The van der Waals surface area contributed by atoms with Crippen LogP contribution in [0.25, 0.3) is 0 Å². The maximum Gasteiger partial charge on any atom is 0.335 e. The summed E-state index contributed by atoms with van der Waals surface area (Å²) in [5.74, 6) is -0.205. The van der Waals surface area contributed by atoms with Gasteiger partial charge in [-0.2, -0.15) is 0 Å². The van der Waals surface area contributed by atoms with Gasteiger partial charge in [-0.15, -0.1) is 0 Å². The van der Waals surface area contributed by atoms with E-state index in [0.717, 1.165) is 29.3 Å². The number of carboxylic acids is 1. The second kappa shape index (κ2) is 7.38. The van der Waals surface area contributed by atoms with E-state index in [0.29, 0.717) is 11.6 Å². The maximum atomic E-state index is 12.8. The first kappa shape index (κ1) is 18.1. The number of H-pyrrole nitrogens is 1. The predicted octanol–water partition coefficient (Wildman–Crippen LogP) is 4.66. The lowest BCUT2D eigenvalue weighted by atomic mass is 10.0. The van der Waals surface area contributed by atoms with Crippen molar-refractivity contribution in [1.82, 2.24) is 9.78 Å². The molecule has 27 heavy (non-hydrogen) atoms. The van der Waals surface area contributed by atoms with Crippen LogP contribution in [-0.2, 0) is 0 Å². The number of aliphatic imine (C=N–C) groups is 1. The molecule has 1 aromatic carbocycles. The summed E-state index contributed by atoms with van der Waals surface area (Å²) in [5, 5.41) is 12.9. The molecule has 6 nitrogen and oxygen atoms in total. The average Bonchev–Trinajstić information content (AvgIpc) is 2.84. The summed E-state index contributed by atoms with van der Waals surface area (Å²) in [4.78, 5) is 28.7. The molecule has 0 bridgehead atoms. The summed E-state index contributed by atoms with van der Waals surface area (Å²) in [7, 11) is 0. The van der Waals surface area contributed by atoms with Gasteiger partial charge in [0.25, 0.3) is 5.56 Å². The number of carboxylic acid groups (broad SMARTS) is 1. The van der Waals surface area contributed by atoms with E-state index in [1.807, 2.05) is 11.6 Å². The predicted molar refractivity (Wildman–Crippen MR) is 107 cm³/mol. The van der Waals surface area contributed by atoms with Gasteiger partial charge in [0.05, 0.1) is 27.5 Å². The molecule has 0 unspecified atom stereocenters. The van der Waals surface area contributed by atoms with Crippen LogP contribution in [0.4, 0.5) is 5.82 Å². The van der Waals surface area contributed by atoms with Gasteiger partial charge in [-0.05, 0) is 37.5 Å². The molecule has 7 heteroatoms. The van der Waals surface area contributed by atoms with E-state index in [9.17, 15) is 9.59 Å². The molecule has 1 aliphatic heterocycles. The zero-order chi connectivity index (χ0) is 19.0. The number of rotatable bonds is 3. The van der Waals surface area contributed by atoms with E-state index in [1.54, 1.807) is 36.0 Å². The first-order valence-electron chi connectivity index (χ1n) is 9.44. The molecule has 1 aliphatic carbocycles. The molecule has 0 spiro atoms. The summed E-state index contributed by atoms with van der Waals surface area (Å²) < 4.78 is 1.99. The zero-order valence-electron chi connectivity index (χ0n) is 15.3. The Morgan fingerprint density at radius 2 is 1.85 bits per heavy atom. The van der Waals surface area contributed by atoms with Crippen molar-refractivity contribution < 1.29 is 9.90 Å². The lowest BCUT2D eigenvalue weighted by Gasteiger charge is -2.23. The van der Waals surface area contributed by atoms with Crippen LogP contribution in [0.5, 0.6) is 0 Å². The van der Waals surface area contributed by atoms with Gasteiger partial charge in [0.15, 0.2) is 5.82 Å². The van der Waals surface area contributed by atoms with E-state index in [1.165, 1.54) is 25.7 Å². The highest BCUT2D eigenvalue weighted by Gasteiger charge is 2.32. The summed E-state index contributed by atoms with van der Waals surface area (Å²) >= 11 is 1.54. The van der Waals surface area contributed by atoms with E-state index >= 15 is 0 Å². The summed E-state index contributed by atoms with van der Waals surface area (Å²) in [6.07, 6.45) is 6.99. The average molecular weight is 385 g/mol. The molecule has 1 atom stereocenters. The second-order valence-corrected chi connectivity index (χ2v) is 8.55. The van der Waals surface area contributed by atoms with Crippen LogP contribution in [0.3, 0.4) is 0 Å². The van der Waals surface area contributed by atoms with Crippen molar-refractivity contribution in [3.05, 3.63) is 51.3 Å². The number of nitrogens with zero attached hydrogens (tertiary/aromatic N) is 2. The van der Waals surface area contributed by atoms with Crippen LogP contribution in [0, 0.1) is 0 Å². The quantitative estimate of drug-likeness (QED) is 0.753. The SMILES string of the molecule is CC1=Nc2c(c(=O)[nH]n2C2CCCCCC2)[C@@H](c2ccc(C(=O)O)cc2)S1. The minimum atomic E-state index is -0.950. The first-order chi connectivity index (χ1) is 13.0. The molecule has 142 valence electrons. The number of thioether (sulfide) groups is 1. The molecule has 0 saturated heterocycles. The van der Waals surface area contributed by atoms with E-state index in [4.69, 9.17) is 10.1 Å². The van der Waals surface area contributed by atoms with Gasteiger partial charge in [0, 0.05) is 0 Å². The molecule has 2 N–H and O–H groups in total. The van der Waals surface area contributed by atoms with Crippen LogP contribution >= 0.6 is 11.8 Å². The molecule has 1 fully saturated rings. The van der Waals surface area contributed by atoms with Crippen LogP contribution < -0.4 is 5.56 Å². The number of fused-ring (bicyclic) bond motifs is 1. The minimum Gasteiger partial charge on any atom is -0.478 e. The van der Waals surface area contributed by atoms with Crippen molar-refractivity contribution in [3.8, 4) is 0 Å². The molecular weight excluding hydrogens is 362 g/mol. The lowest BCUT2D eigenvalue weighted by Crippen LogP contribution is -2.14. The molecule has 2 heterocycles. The van der Waals surface area contributed by atoms with Gasteiger partial charge in [0.1, 0.15) is 0 Å². The smallest absolute Gasteiger partial charge is 0.335 e. The summed E-state index contributed by atoms with van der Waals surface area (Å²) in [6, 6.07) is 7.07. The third-order valence-corrected chi connectivity index (χ3v) is 6.58. The highest BCUT2D eigenvalue weighted by atomic mass is 32.2. The van der Waals surface area contributed by atoms with Gasteiger partial charge < -0.3 is 5.11 Å². The fraction of sp³-hybridized carbons (Fsp3) is 0.450. The molecule has 2 aliphatic rings. The molecule has 2 aromatic rings. The van der Waals surface area contributed by atoms with Gasteiger partial charge >= 0.3 is 5.97 Å². The largest absolute Gasteiger partial charge is 0.478 e. The summed E-state index contributed by atoms with van der Waals surface area (Å²) in [6.45, 7) is 1.96. The Morgan fingerprint density at radius 3 is 2.48 bits per heavy atom. The van der Waals surface area contributed by atoms with Gasteiger partial charge in [0.2, 0.25) is 0 Å². The highest BCUT2D eigenvalue weighted by molar-refractivity contribution is 8.14. The Hall–Kier alpha value is -2.28. The fourth-order valence-corrected chi connectivity index (χ4v) is 5.13. The van der Waals surface area contributed by atoms with E-state index in [2.05, 4.69) is 5.10 Å². The lowest BCUT2D eigenvalue weighted by molar-refractivity contribution is 0.0697. The minimum absolute atomic E-state index is 0.0923. The Kier molecular flexibility index (Phi) is 4.95. The van der Waals surface area contributed by atoms with Crippen molar-refractivity contribution in [2.24, 2.45) is 4.99 Å². The highest BCUT2D eigenvalue weighted by Crippen LogP contribution is 2.45. The normalized spacial score (nSPS) is 20.6. The van der Waals surface area contributed by atoms with Crippen LogP contribution in [0.15, 0.2) is 34.1 Å². The number of benzene rings is 1. The van der Waals surface area contributed by atoms with Gasteiger partial charge in [-0.3, -0.25) is 14.6 Å². The van der Waals surface area contributed by atoms with Crippen molar-refractivity contribution in [1.29, 1.82) is 0 Å². The molecule has 1 saturated carbocycles. The number of hydrogen-bond acceptors (Lipinski definition) is 4.